The average molecular weight is 345 g/mol. The molecule has 5 nitrogen and oxygen atoms in total. The summed E-state index contributed by atoms with van der Waals surface area (Å²) < 4.78 is 28.1. The maximum atomic E-state index is 13.2. The molecule has 1 aliphatic rings. The Balaban J connectivity index is 2.06. The highest BCUT2D eigenvalue weighted by atomic mass is 32.2. The first-order valence-corrected chi connectivity index (χ1v) is 9.80. The molecule has 2 aromatic heterocycles. The van der Waals surface area contributed by atoms with E-state index in [0.29, 0.717) is 6.54 Å². The number of sulfonamides is 1. The van der Waals surface area contributed by atoms with E-state index in [1.807, 2.05) is 19.9 Å². The summed E-state index contributed by atoms with van der Waals surface area (Å²) >= 11 is 0. The highest BCUT2D eigenvalue weighted by molar-refractivity contribution is 7.89. The molecule has 6 heteroatoms. The van der Waals surface area contributed by atoms with Crippen molar-refractivity contribution in [1.29, 1.82) is 0 Å². The second-order valence-electron chi connectivity index (χ2n) is 6.61. The molecule has 1 atom stereocenters. The van der Waals surface area contributed by atoms with E-state index in [9.17, 15) is 8.42 Å². The molecule has 0 radical (unpaired) electrons. The van der Waals surface area contributed by atoms with Crippen LogP contribution in [0.15, 0.2) is 47.8 Å². The zero-order valence-corrected chi connectivity index (χ0v) is 14.9. The van der Waals surface area contributed by atoms with Gasteiger partial charge in [0.05, 0.1) is 11.7 Å². The molecular weight excluding hydrogens is 322 g/mol. The molecule has 1 aliphatic carbocycles. The first kappa shape index (κ1) is 17.0. The van der Waals surface area contributed by atoms with Gasteiger partial charge in [-0.25, -0.2) is 8.42 Å². The number of aryl methyl sites for hydroxylation is 1. The van der Waals surface area contributed by atoms with Crippen molar-refractivity contribution < 1.29 is 8.42 Å². The molecule has 2 heterocycles. The fraction of sp³-hybridized carbons (Fsp3) is 0.444. The number of fused-ring (bicyclic) bond motifs is 1. The van der Waals surface area contributed by atoms with Gasteiger partial charge in [0.25, 0.3) is 0 Å². The fourth-order valence-corrected chi connectivity index (χ4v) is 5.00. The third-order valence-corrected chi connectivity index (χ3v) is 6.16. The molecule has 24 heavy (non-hydrogen) atoms. The van der Waals surface area contributed by atoms with Gasteiger partial charge < -0.3 is 0 Å². The Morgan fingerprint density at radius 1 is 1.25 bits per heavy atom. The van der Waals surface area contributed by atoms with Gasteiger partial charge in [-0.3, -0.25) is 9.97 Å². The SMILES string of the molecule is CC(C)CN([C@H]1CCCc2cccnc21)S(=O)(=O)c1cccnc1. The molecule has 0 saturated carbocycles. The minimum Gasteiger partial charge on any atom is -0.263 e. The Morgan fingerprint density at radius 2 is 2.04 bits per heavy atom. The van der Waals surface area contributed by atoms with Crippen LogP contribution in [0.4, 0.5) is 0 Å². The Labute approximate surface area is 143 Å². The Hall–Kier alpha value is -1.79. The van der Waals surface area contributed by atoms with Crippen molar-refractivity contribution in [2.75, 3.05) is 6.54 Å². The predicted molar refractivity (Wildman–Crippen MR) is 92.9 cm³/mol. The Bertz CT molecular complexity index is 791. The van der Waals surface area contributed by atoms with Crippen LogP contribution in [0.3, 0.4) is 0 Å². The maximum Gasteiger partial charge on any atom is 0.245 e. The van der Waals surface area contributed by atoms with Crippen molar-refractivity contribution >= 4 is 10.0 Å². The molecule has 0 N–H and O–H groups in total. The number of hydrogen-bond donors (Lipinski definition) is 0. The molecule has 0 aliphatic heterocycles. The average Bonchev–Trinajstić information content (AvgIpc) is 2.60. The van der Waals surface area contributed by atoms with E-state index in [1.165, 1.54) is 6.20 Å². The van der Waals surface area contributed by atoms with Gasteiger partial charge in [0.1, 0.15) is 4.90 Å². The van der Waals surface area contributed by atoms with Gasteiger partial charge in [-0.15, -0.1) is 0 Å². The van der Waals surface area contributed by atoms with Crippen LogP contribution < -0.4 is 0 Å². The zero-order valence-electron chi connectivity index (χ0n) is 14.1. The molecule has 0 amide bonds. The molecule has 128 valence electrons. The van der Waals surface area contributed by atoms with Gasteiger partial charge in [-0.2, -0.15) is 4.31 Å². The first-order valence-electron chi connectivity index (χ1n) is 8.36. The van der Waals surface area contributed by atoms with Crippen LogP contribution in [0.2, 0.25) is 0 Å². The summed E-state index contributed by atoms with van der Waals surface area (Å²) in [6.07, 6.45) is 7.49. The molecule has 2 aromatic rings. The van der Waals surface area contributed by atoms with Gasteiger partial charge in [-0.05, 0) is 48.9 Å². The van der Waals surface area contributed by atoms with Crippen LogP contribution in [-0.2, 0) is 16.4 Å². The van der Waals surface area contributed by atoms with E-state index in [1.54, 1.807) is 28.8 Å². The van der Waals surface area contributed by atoms with E-state index in [0.717, 1.165) is 30.5 Å². The fourth-order valence-electron chi connectivity index (χ4n) is 3.25. The van der Waals surface area contributed by atoms with Crippen molar-refractivity contribution in [2.24, 2.45) is 5.92 Å². The van der Waals surface area contributed by atoms with Crippen molar-refractivity contribution in [3.63, 3.8) is 0 Å². The van der Waals surface area contributed by atoms with E-state index in [2.05, 4.69) is 16.0 Å². The number of nitrogens with zero attached hydrogens (tertiary/aromatic N) is 3. The molecule has 0 aromatic carbocycles. The summed E-state index contributed by atoms with van der Waals surface area (Å²) in [6.45, 7) is 4.54. The second kappa shape index (κ2) is 6.99. The summed E-state index contributed by atoms with van der Waals surface area (Å²) in [6, 6.07) is 7.04. The monoisotopic (exact) mass is 345 g/mol. The molecule has 0 bridgehead atoms. The smallest absolute Gasteiger partial charge is 0.245 e. The summed E-state index contributed by atoms with van der Waals surface area (Å²) in [5.41, 5.74) is 2.06. The van der Waals surface area contributed by atoms with Crippen molar-refractivity contribution in [3.05, 3.63) is 54.1 Å². The van der Waals surface area contributed by atoms with Crippen LogP contribution in [0.25, 0.3) is 0 Å². The van der Waals surface area contributed by atoms with Crippen LogP contribution in [-0.4, -0.2) is 29.2 Å². The lowest BCUT2D eigenvalue weighted by molar-refractivity contribution is 0.263. The van der Waals surface area contributed by atoms with Crippen molar-refractivity contribution in [3.8, 4) is 0 Å². The highest BCUT2D eigenvalue weighted by Crippen LogP contribution is 2.36. The number of hydrogen-bond acceptors (Lipinski definition) is 4. The second-order valence-corrected chi connectivity index (χ2v) is 8.50. The first-order chi connectivity index (χ1) is 11.5. The Morgan fingerprint density at radius 3 is 2.75 bits per heavy atom. The summed E-state index contributed by atoms with van der Waals surface area (Å²) in [5.74, 6) is 0.227. The van der Waals surface area contributed by atoms with Gasteiger partial charge in [-0.1, -0.05) is 19.9 Å². The van der Waals surface area contributed by atoms with Crippen LogP contribution >= 0.6 is 0 Å². The minimum absolute atomic E-state index is 0.206. The lowest BCUT2D eigenvalue weighted by Crippen LogP contribution is -2.39. The lowest BCUT2D eigenvalue weighted by Gasteiger charge is -2.35. The lowest BCUT2D eigenvalue weighted by atomic mass is 9.91. The van der Waals surface area contributed by atoms with Gasteiger partial charge in [0.2, 0.25) is 10.0 Å². The normalized spacial score (nSPS) is 17.9. The maximum absolute atomic E-state index is 13.2. The van der Waals surface area contributed by atoms with E-state index in [4.69, 9.17) is 0 Å². The zero-order chi connectivity index (χ0) is 17.2. The van der Waals surface area contributed by atoms with Gasteiger partial charge >= 0.3 is 0 Å². The minimum atomic E-state index is -3.61. The van der Waals surface area contributed by atoms with Crippen molar-refractivity contribution in [1.82, 2.24) is 14.3 Å². The van der Waals surface area contributed by atoms with E-state index >= 15 is 0 Å². The molecule has 0 saturated heterocycles. The molecule has 3 rings (SSSR count). The summed E-state index contributed by atoms with van der Waals surface area (Å²) in [7, 11) is -3.61. The standard InChI is InChI=1S/C18H23N3O2S/c1-14(2)13-21(24(22,23)16-8-5-10-19-12-16)17-9-3-6-15-7-4-11-20-18(15)17/h4-5,7-8,10-12,14,17H,3,6,9,13H2,1-2H3/t17-/m0/s1. The number of aromatic nitrogens is 2. The topological polar surface area (TPSA) is 63.2 Å². The van der Waals surface area contributed by atoms with E-state index in [-0.39, 0.29) is 16.9 Å². The van der Waals surface area contributed by atoms with E-state index < -0.39 is 10.0 Å². The van der Waals surface area contributed by atoms with Crippen LogP contribution in [0.5, 0.6) is 0 Å². The molecule has 0 spiro atoms. The summed E-state index contributed by atoms with van der Waals surface area (Å²) in [5, 5.41) is 0. The van der Waals surface area contributed by atoms with Crippen LogP contribution in [0, 0.1) is 5.92 Å². The number of pyridine rings is 2. The number of rotatable bonds is 5. The Kier molecular flexibility index (Phi) is 4.96. The highest BCUT2D eigenvalue weighted by Gasteiger charge is 2.36. The summed E-state index contributed by atoms with van der Waals surface area (Å²) in [4.78, 5) is 8.74. The van der Waals surface area contributed by atoms with Crippen molar-refractivity contribution in [2.45, 2.75) is 44.0 Å². The third kappa shape index (κ3) is 3.35. The third-order valence-electron chi connectivity index (χ3n) is 4.30. The van der Waals surface area contributed by atoms with Gasteiger partial charge in [0.15, 0.2) is 0 Å². The van der Waals surface area contributed by atoms with Crippen LogP contribution in [0.1, 0.15) is 44.0 Å². The molecular formula is C18H23N3O2S. The quantitative estimate of drug-likeness (QED) is 0.835. The largest absolute Gasteiger partial charge is 0.263 e. The van der Waals surface area contributed by atoms with Gasteiger partial charge in [0, 0.05) is 25.1 Å². The molecule has 0 unspecified atom stereocenters. The molecule has 0 fully saturated rings. The predicted octanol–water partition coefficient (Wildman–Crippen LogP) is 3.20.